The Balaban J connectivity index is 2.07. The maximum absolute atomic E-state index is 13.0. The molecule has 0 aromatic heterocycles. The van der Waals surface area contributed by atoms with Gasteiger partial charge in [0.1, 0.15) is 5.60 Å². The lowest BCUT2D eigenvalue weighted by atomic mass is 9.91. The van der Waals surface area contributed by atoms with Gasteiger partial charge in [-0.25, -0.2) is 4.79 Å². The number of amides is 1. The normalized spacial score (nSPS) is 17.2. The summed E-state index contributed by atoms with van der Waals surface area (Å²) < 4.78 is 6.71. The monoisotopic (exact) mass is 421 g/mol. The Morgan fingerprint density at radius 2 is 1.96 bits per heavy atom. The van der Waals surface area contributed by atoms with Crippen LogP contribution in [0.5, 0.6) is 0 Å². The third-order valence-electron chi connectivity index (χ3n) is 4.16. The van der Waals surface area contributed by atoms with Crippen molar-refractivity contribution in [3.05, 3.63) is 63.1 Å². The first kappa shape index (κ1) is 18.3. The lowest BCUT2D eigenvalue weighted by Gasteiger charge is -2.38. The van der Waals surface area contributed by atoms with E-state index in [9.17, 15) is 4.79 Å². The molecule has 1 atom stereocenters. The Labute approximate surface area is 162 Å². The highest BCUT2D eigenvalue weighted by Crippen LogP contribution is 2.42. The van der Waals surface area contributed by atoms with E-state index in [4.69, 9.17) is 16.3 Å². The Bertz CT molecular complexity index is 801. The summed E-state index contributed by atoms with van der Waals surface area (Å²) in [7, 11) is 0. The Morgan fingerprint density at radius 3 is 2.64 bits per heavy atom. The fourth-order valence-electron chi connectivity index (χ4n) is 3.16. The van der Waals surface area contributed by atoms with Gasteiger partial charge >= 0.3 is 6.09 Å². The summed E-state index contributed by atoms with van der Waals surface area (Å²) in [6, 6.07) is 13.5. The molecular weight excluding hydrogens is 402 g/mol. The second-order valence-electron chi connectivity index (χ2n) is 7.20. The van der Waals surface area contributed by atoms with Crippen molar-refractivity contribution in [1.29, 1.82) is 0 Å². The zero-order valence-corrected chi connectivity index (χ0v) is 16.9. The van der Waals surface area contributed by atoms with E-state index in [1.807, 2.05) is 63.2 Å². The van der Waals surface area contributed by atoms with Gasteiger partial charge in [0.15, 0.2) is 0 Å². The second-order valence-corrected chi connectivity index (χ2v) is 8.49. The molecule has 1 aliphatic heterocycles. The number of benzene rings is 2. The summed E-state index contributed by atoms with van der Waals surface area (Å²) in [5.74, 6) is 0. The summed E-state index contributed by atoms with van der Waals surface area (Å²) in [6.45, 7) is 5.64. The molecule has 0 N–H and O–H groups in total. The van der Waals surface area contributed by atoms with Gasteiger partial charge < -0.3 is 4.74 Å². The van der Waals surface area contributed by atoms with Crippen LogP contribution in [-0.2, 0) is 11.2 Å². The van der Waals surface area contributed by atoms with Crippen molar-refractivity contribution in [2.24, 2.45) is 0 Å². The summed E-state index contributed by atoms with van der Waals surface area (Å²) in [5, 5.41) is 0.668. The fourth-order valence-corrected chi connectivity index (χ4v) is 3.92. The number of hydrogen-bond acceptors (Lipinski definition) is 2. The minimum atomic E-state index is -0.556. The lowest BCUT2D eigenvalue weighted by molar-refractivity contribution is 0.0560. The van der Waals surface area contributed by atoms with E-state index in [2.05, 4.69) is 15.9 Å². The van der Waals surface area contributed by atoms with Crippen LogP contribution in [0.2, 0.25) is 5.02 Å². The molecule has 0 aliphatic carbocycles. The quantitative estimate of drug-likeness (QED) is 0.523. The molecule has 1 heterocycles. The molecule has 0 spiro atoms. The topological polar surface area (TPSA) is 29.5 Å². The van der Waals surface area contributed by atoms with E-state index in [-0.39, 0.29) is 12.1 Å². The molecule has 0 bridgehead atoms. The summed E-state index contributed by atoms with van der Waals surface area (Å²) in [5.41, 5.74) is 2.48. The zero-order chi connectivity index (χ0) is 18.2. The predicted molar refractivity (Wildman–Crippen MR) is 105 cm³/mol. The van der Waals surface area contributed by atoms with Crippen molar-refractivity contribution in [2.45, 2.75) is 45.3 Å². The fraction of sp³-hybridized carbons (Fsp3) is 0.350. The second kappa shape index (κ2) is 7.00. The van der Waals surface area contributed by atoms with Gasteiger partial charge in [0, 0.05) is 9.50 Å². The minimum absolute atomic E-state index is 0.102. The van der Waals surface area contributed by atoms with Crippen LogP contribution in [0.4, 0.5) is 10.5 Å². The van der Waals surface area contributed by atoms with Crippen molar-refractivity contribution in [3.8, 4) is 0 Å². The van der Waals surface area contributed by atoms with Crippen molar-refractivity contribution < 1.29 is 9.53 Å². The molecule has 1 unspecified atom stereocenters. The van der Waals surface area contributed by atoms with Crippen molar-refractivity contribution in [2.75, 3.05) is 4.90 Å². The molecule has 3 rings (SSSR count). The number of ether oxygens (including phenoxy) is 1. The van der Waals surface area contributed by atoms with Crippen molar-refractivity contribution in [3.63, 3.8) is 0 Å². The maximum atomic E-state index is 13.0. The van der Waals surface area contributed by atoms with Gasteiger partial charge in [-0.3, -0.25) is 4.90 Å². The number of nitrogens with zero attached hydrogens (tertiary/aromatic N) is 1. The van der Waals surface area contributed by atoms with E-state index < -0.39 is 5.60 Å². The van der Waals surface area contributed by atoms with Crippen LogP contribution in [-0.4, -0.2) is 11.7 Å². The van der Waals surface area contributed by atoms with Crippen LogP contribution in [0.3, 0.4) is 0 Å². The minimum Gasteiger partial charge on any atom is -0.443 e. The van der Waals surface area contributed by atoms with Gasteiger partial charge in [0.2, 0.25) is 0 Å². The van der Waals surface area contributed by atoms with Gasteiger partial charge in [0.25, 0.3) is 0 Å². The number of hydrogen-bond donors (Lipinski definition) is 0. The number of fused-ring (bicyclic) bond motifs is 1. The van der Waals surface area contributed by atoms with Crippen LogP contribution in [0.25, 0.3) is 0 Å². The first-order chi connectivity index (χ1) is 11.8. The van der Waals surface area contributed by atoms with E-state index >= 15 is 0 Å². The lowest BCUT2D eigenvalue weighted by Crippen LogP contribution is -2.42. The first-order valence-corrected chi connectivity index (χ1v) is 9.48. The smallest absolute Gasteiger partial charge is 0.415 e. The van der Waals surface area contributed by atoms with Gasteiger partial charge in [-0.1, -0.05) is 45.7 Å². The van der Waals surface area contributed by atoms with Crippen molar-refractivity contribution in [1.82, 2.24) is 0 Å². The molecule has 132 valence electrons. The van der Waals surface area contributed by atoms with Crippen LogP contribution < -0.4 is 4.90 Å². The molecule has 0 saturated heterocycles. The highest BCUT2D eigenvalue weighted by molar-refractivity contribution is 9.10. The van der Waals surface area contributed by atoms with E-state index in [0.717, 1.165) is 34.1 Å². The summed E-state index contributed by atoms with van der Waals surface area (Å²) in [4.78, 5) is 14.8. The van der Waals surface area contributed by atoms with Crippen LogP contribution >= 0.6 is 27.5 Å². The Morgan fingerprint density at radius 1 is 1.24 bits per heavy atom. The van der Waals surface area contributed by atoms with Gasteiger partial charge in [0.05, 0.1) is 11.7 Å². The van der Waals surface area contributed by atoms with E-state index in [0.29, 0.717) is 5.02 Å². The summed E-state index contributed by atoms with van der Waals surface area (Å²) in [6.07, 6.45) is 1.36. The van der Waals surface area contributed by atoms with Crippen LogP contribution in [0.1, 0.15) is 44.4 Å². The molecule has 25 heavy (non-hydrogen) atoms. The van der Waals surface area contributed by atoms with Gasteiger partial charge in [-0.2, -0.15) is 0 Å². The van der Waals surface area contributed by atoms with Crippen LogP contribution in [0, 0.1) is 0 Å². The molecule has 0 radical (unpaired) electrons. The maximum Gasteiger partial charge on any atom is 0.415 e. The predicted octanol–water partition coefficient (Wildman–Crippen LogP) is 6.53. The van der Waals surface area contributed by atoms with Gasteiger partial charge in [-0.15, -0.1) is 0 Å². The largest absolute Gasteiger partial charge is 0.443 e. The number of anilines is 1. The number of carbonyl (C=O) groups is 1. The molecule has 3 nitrogen and oxygen atoms in total. The Kier molecular flexibility index (Phi) is 5.12. The van der Waals surface area contributed by atoms with E-state index in [1.165, 1.54) is 0 Å². The molecule has 2 aromatic rings. The molecule has 5 heteroatoms. The van der Waals surface area contributed by atoms with Crippen molar-refractivity contribution >= 4 is 39.3 Å². The number of rotatable bonds is 1. The zero-order valence-electron chi connectivity index (χ0n) is 14.6. The number of halogens is 2. The molecule has 1 aliphatic rings. The van der Waals surface area contributed by atoms with Crippen LogP contribution in [0.15, 0.2) is 46.9 Å². The molecule has 1 amide bonds. The van der Waals surface area contributed by atoms with Gasteiger partial charge in [-0.05, 0) is 69.0 Å². The standard InChI is InChI=1S/C20H21BrClNO2/c1-20(2,3)25-19(24)23-17(13-6-4-7-14(22)12-13)11-10-15-16(21)8-5-9-18(15)23/h4-9,12,17H,10-11H2,1-3H3. The van der Waals surface area contributed by atoms with E-state index in [1.54, 1.807) is 4.90 Å². The Hall–Kier alpha value is -1.52. The third kappa shape index (κ3) is 4.01. The average molecular weight is 423 g/mol. The molecule has 2 aromatic carbocycles. The average Bonchev–Trinajstić information content (AvgIpc) is 2.52. The highest BCUT2D eigenvalue weighted by atomic mass is 79.9. The molecule has 0 fully saturated rings. The first-order valence-electron chi connectivity index (χ1n) is 8.31. The SMILES string of the molecule is CC(C)(C)OC(=O)N1c2cccc(Br)c2CCC1c1cccc(Cl)c1. The highest BCUT2D eigenvalue weighted by Gasteiger charge is 2.35. The molecule has 0 saturated carbocycles. The molecular formula is C20H21BrClNO2. The third-order valence-corrected chi connectivity index (χ3v) is 5.13. The number of carbonyl (C=O) groups excluding carboxylic acids is 1. The summed E-state index contributed by atoms with van der Waals surface area (Å²) >= 11 is 9.79.